The molecule has 2 aromatic rings. The van der Waals surface area contributed by atoms with Crippen molar-refractivity contribution < 1.29 is 27.8 Å². The maximum Gasteiger partial charge on any atom is 0.251 e. The Kier molecular flexibility index (Phi) is 7.42. The lowest BCUT2D eigenvalue weighted by atomic mass is 9.82. The molecule has 220 valence electrons. The average Bonchev–Trinajstić information content (AvgIpc) is 3.85. The number of aromatic nitrogens is 1. The second-order valence-corrected chi connectivity index (χ2v) is 11.6. The van der Waals surface area contributed by atoms with Crippen LogP contribution in [0.4, 0.5) is 14.5 Å². The number of hydrogen-bond donors (Lipinski definition) is 3. The van der Waals surface area contributed by atoms with Gasteiger partial charge in [0.15, 0.2) is 5.79 Å². The minimum atomic E-state index is -1.58. The third kappa shape index (κ3) is 5.58. The highest BCUT2D eigenvalue weighted by Crippen LogP contribution is 2.52. The van der Waals surface area contributed by atoms with Crippen molar-refractivity contribution >= 4 is 23.7 Å². The molecule has 5 rings (SSSR count). The van der Waals surface area contributed by atoms with E-state index < -0.39 is 34.6 Å². The van der Waals surface area contributed by atoms with Crippen LogP contribution >= 0.6 is 0 Å². The zero-order valence-corrected chi connectivity index (χ0v) is 23.7. The lowest BCUT2D eigenvalue weighted by Gasteiger charge is -2.24. The van der Waals surface area contributed by atoms with Gasteiger partial charge in [0, 0.05) is 48.0 Å². The van der Waals surface area contributed by atoms with Crippen molar-refractivity contribution in [3.63, 3.8) is 0 Å². The first-order valence-corrected chi connectivity index (χ1v) is 14.1. The first-order valence-electron chi connectivity index (χ1n) is 14.1. The molecule has 1 aliphatic heterocycles. The van der Waals surface area contributed by atoms with E-state index >= 15 is 4.39 Å². The van der Waals surface area contributed by atoms with Crippen molar-refractivity contribution in [2.24, 2.45) is 10.7 Å². The van der Waals surface area contributed by atoms with Gasteiger partial charge in [-0.15, -0.1) is 0 Å². The number of rotatable bonds is 12. The molecular weight excluding hydrogens is 532 g/mol. The highest BCUT2D eigenvalue weighted by atomic mass is 19.2. The number of carbonyl (C=O) groups is 2. The lowest BCUT2D eigenvalue weighted by Crippen LogP contribution is -2.40. The van der Waals surface area contributed by atoms with Crippen molar-refractivity contribution in [1.82, 2.24) is 10.3 Å². The van der Waals surface area contributed by atoms with Crippen LogP contribution < -0.4 is 26.3 Å². The molecule has 2 amide bonds. The van der Waals surface area contributed by atoms with E-state index in [1.165, 1.54) is 25.5 Å². The standard InChI is InChI=1S/C30H37F2N5O4/c1-4-5-6-21-25-19(28(2,16-41-25)27(34)39)13-22(37-21)20(29(31)7-8-29)15-35-26(38)17-11-18(14-36-30(32)9-10-30)24(33)23(12-17)40-3/h11-14,20H,4-10,15-16,33H2,1-3H3,(H2,34,39)(H,35,38)/b36-14+/t20-,28+/m1/s1. The fourth-order valence-electron chi connectivity index (χ4n) is 5.16. The first kappa shape index (κ1) is 28.8. The van der Waals surface area contributed by atoms with E-state index in [1.807, 2.05) is 0 Å². The van der Waals surface area contributed by atoms with Gasteiger partial charge in [-0.1, -0.05) is 13.3 Å². The normalized spacial score (nSPS) is 22.1. The Labute approximate surface area is 238 Å². The summed E-state index contributed by atoms with van der Waals surface area (Å²) in [6.45, 7) is 3.84. The smallest absolute Gasteiger partial charge is 0.251 e. The number of aryl methyl sites for hydroxylation is 1. The molecule has 3 aliphatic rings. The second kappa shape index (κ2) is 10.6. The fraction of sp³-hybridized carbons (Fsp3) is 0.533. The molecule has 9 nitrogen and oxygen atoms in total. The second-order valence-electron chi connectivity index (χ2n) is 11.6. The number of fused-ring (bicyclic) bond motifs is 1. The summed E-state index contributed by atoms with van der Waals surface area (Å²) >= 11 is 0. The highest BCUT2D eigenvalue weighted by molar-refractivity contribution is 5.99. The van der Waals surface area contributed by atoms with E-state index in [0.29, 0.717) is 60.4 Å². The van der Waals surface area contributed by atoms with E-state index in [0.717, 1.165) is 12.8 Å². The van der Waals surface area contributed by atoms with Gasteiger partial charge in [0.05, 0.1) is 24.4 Å². The molecule has 0 spiro atoms. The van der Waals surface area contributed by atoms with Gasteiger partial charge in [-0.05, 0) is 50.8 Å². The van der Waals surface area contributed by atoms with Gasteiger partial charge in [0.1, 0.15) is 29.2 Å². The molecule has 2 saturated carbocycles. The zero-order valence-electron chi connectivity index (χ0n) is 23.7. The SMILES string of the molecule is CCCCc1nc([C@@H](CNC(=O)c2cc(/C=N/C3(F)CC3)c(N)c(OC)c2)C2(F)CC2)cc2c1OC[C@]2(C)C(N)=O. The number of nitrogens with two attached hydrogens (primary N) is 2. The molecule has 0 saturated heterocycles. The Balaban J connectivity index is 1.44. The molecule has 1 aromatic carbocycles. The Hall–Kier alpha value is -3.76. The maximum absolute atomic E-state index is 15.8. The number of carbonyl (C=O) groups excluding carboxylic acids is 2. The molecule has 41 heavy (non-hydrogen) atoms. The third-order valence-electron chi connectivity index (χ3n) is 8.40. The summed E-state index contributed by atoms with van der Waals surface area (Å²) < 4.78 is 41.2. The Bertz CT molecular complexity index is 1410. The number of nitrogens with zero attached hydrogens (tertiary/aromatic N) is 2. The summed E-state index contributed by atoms with van der Waals surface area (Å²) in [4.78, 5) is 34.5. The van der Waals surface area contributed by atoms with Crippen molar-refractivity contribution in [1.29, 1.82) is 0 Å². The summed E-state index contributed by atoms with van der Waals surface area (Å²) in [6, 6.07) is 4.70. The summed E-state index contributed by atoms with van der Waals surface area (Å²) in [5.41, 5.74) is 11.8. The molecule has 2 aliphatic carbocycles. The zero-order chi connectivity index (χ0) is 29.6. The summed E-state index contributed by atoms with van der Waals surface area (Å²) in [6.07, 6.45) is 5.04. The topological polar surface area (TPSA) is 142 Å². The summed E-state index contributed by atoms with van der Waals surface area (Å²) in [7, 11) is 1.42. The number of methoxy groups -OCH3 is 1. The van der Waals surface area contributed by atoms with Gasteiger partial charge in [-0.2, -0.15) is 0 Å². The van der Waals surface area contributed by atoms with Crippen LogP contribution in [0, 0.1) is 0 Å². The van der Waals surface area contributed by atoms with Gasteiger partial charge in [0.25, 0.3) is 5.91 Å². The number of alkyl halides is 2. The van der Waals surface area contributed by atoms with Crippen LogP contribution in [0.2, 0.25) is 0 Å². The van der Waals surface area contributed by atoms with Crippen LogP contribution in [0.3, 0.4) is 0 Å². The lowest BCUT2D eigenvalue weighted by molar-refractivity contribution is -0.123. The number of nitrogen functional groups attached to an aromatic ring is 1. The minimum absolute atomic E-state index is 0.0355. The minimum Gasteiger partial charge on any atom is -0.495 e. The van der Waals surface area contributed by atoms with Crippen molar-refractivity contribution in [3.8, 4) is 11.5 Å². The molecule has 5 N–H and O–H groups in total. The van der Waals surface area contributed by atoms with Gasteiger partial charge >= 0.3 is 0 Å². The van der Waals surface area contributed by atoms with Crippen molar-refractivity contribution in [2.75, 3.05) is 26.0 Å². The molecule has 11 heteroatoms. The largest absolute Gasteiger partial charge is 0.495 e. The monoisotopic (exact) mass is 569 g/mol. The number of ether oxygens (including phenoxy) is 2. The Morgan fingerprint density at radius 3 is 2.59 bits per heavy atom. The Morgan fingerprint density at radius 1 is 1.24 bits per heavy atom. The molecule has 2 heterocycles. The highest BCUT2D eigenvalue weighted by Gasteiger charge is 2.53. The first-order chi connectivity index (χ1) is 19.4. The van der Waals surface area contributed by atoms with Crippen LogP contribution in [0.25, 0.3) is 0 Å². The van der Waals surface area contributed by atoms with Gasteiger partial charge < -0.3 is 26.3 Å². The number of benzene rings is 1. The number of unbranched alkanes of at least 4 members (excludes halogenated alkanes) is 1. The fourth-order valence-corrected chi connectivity index (χ4v) is 5.16. The van der Waals surface area contributed by atoms with E-state index in [4.69, 9.17) is 25.9 Å². The number of amides is 2. The summed E-state index contributed by atoms with van der Waals surface area (Å²) in [5.74, 6) is -2.56. The third-order valence-corrected chi connectivity index (χ3v) is 8.40. The number of nitrogens with one attached hydrogen (secondary N) is 1. The van der Waals surface area contributed by atoms with Crippen molar-refractivity contribution in [3.05, 3.63) is 46.3 Å². The van der Waals surface area contributed by atoms with Crippen LogP contribution in [-0.2, 0) is 16.6 Å². The van der Waals surface area contributed by atoms with E-state index in [1.54, 1.807) is 13.0 Å². The van der Waals surface area contributed by atoms with Crippen molar-refractivity contribution in [2.45, 2.75) is 81.6 Å². The molecule has 0 bridgehead atoms. The van der Waals surface area contributed by atoms with Gasteiger partial charge in [-0.25, -0.2) is 8.78 Å². The molecule has 1 aromatic heterocycles. The molecule has 0 unspecified atom stereocenters. The number of pyridine rings is 1. The van der Waals surface area contributed by atoms with Crippen LogP contribution in [0.15, 0.2) is 23.2 Å². The number of hydrogen-bond acceptors (Lipinski definition) is 7. The molecule has 0 radical (unpaired) electrons. The predicted octanol–water partition coefficient (Wildman–Crippen LogP) is 4.04. The van der Waals surface area contributed by atoms with Crippen LogP contribution in [0.5, 0.6) is 11.5 Å². The van der Waals surface area contributed by atoms with Crippen LogP contribution in [0.1, 0.15) is 91.2 Å². The number of aliphatic imine (C=N–C) groups is 1. The maximum atomic E-state index is 15.8. The number of anilines is 1. The average molecular weight is 570 g/mol. The molecule has 2 fully saturated rings. The molecule has 2 atom stereocenters. The van der Waals surface area contributed by atoms with E-state index in [9.17, 15) is 14.0 Å². The van der Waals surface area contributed by atoms with E-state index in [-0.39, 0.29) is 30.2 Å². The number of halogens is 2. The quantitative estimate of drug-likeness (QED) is 0.200. The Morgan fingerprint density at radius 2 is 1.98 bits per heavy atom. The van der Waals surface area contributed by atoms with E-state index in [2.05, 4.69) is 17.2 Å². The van der Waals surface area contributed by atoms with Gasteiger partial charge in [-0.3, -0.25) is 19.6 Å². The summed E-state index contributed by atoms with van der Waals surface area (Å²) in [5, 5.41) is 2.84. The molecular formula is C30H37F2N5O4. The predicted molar refractivity (Wildman–Crippen MR) is 151 cm³/mol. The van der Waals surface area contributed by atoms with Crippen LogP contribution in [-0.4, -0.2) is 54.7 Å². The van der Waals surface area contributed by atoms with Gasteiger partial charge in [0.2, 0.25) is 5.91 Å². The number of primary amides is 1.